The van der Waals surface area contributed by atoms with Gasteiger partial charge >= 0.3 is 5.97 Å². The van der Waals surface area contributed by atoms with Gasteiger partial charge in [-0.1, -0.05) is 17.2 Å². The smallest absolute Gasteiger partial charge is 0.328 e. The van der Waals surface area contributed by atoms with Crippen LogP contribution in [-0.4, -0.2) is 30.8 Å². The number of carboxylic acid groups (broad SMARTS) is 1. The molecule has 0 saturated heterocycles. The molecule has 0 fully saturated rings. The molecule has 1 aromatic carbocycles. The second-order valence-corrected chi connectivity index (χ2v) is 4.62. The van der Waals surface area contributed by atoms with E-state index >= 15 is 0 Å². The molecule has 1 rings (SSSR count). The predicted molar refractivity (Wildman–Crippen MR) is 79.2 cm³/mol. The summed E-state index contributed by atoms with van der Waals surface area (Å²) in [5, 5.41) is 15.9. The molecule has 21 heavy (non-hydrogen) atoms. The number of carboxylic acids is 1. The third kappa shape index (κ3) is 4.66. The van der Waals surface area contributed by atoms with Crippen molar-refractivity contribution in [3.8, 4) is 5.75 Å². The maximum absolute atomic E-state index is 11.6. The fraction of sp³-hybridized carbons (Fsp3) is 0.500. The van der Waals surface area contributed by atoms with Crippen molar-refractivity contribution in [1.82, 2.24) is 5.32 Å². The molecule has 0 heterocycles. The van der Waals surface area contributed by atoms with Crippen LogP contribution in [0.2, 0.25) is 0 Å². The van der Waals surface area contributed by atoms with Crippen LogP contribution in [0.3, 0.4) is 0 Å². The number of hydrogen-bond acceptors (Lipinski definition) is 4. The molecule has 0 aliphatic heterocycles. The van der Waals surface area contributed by atoms with E-state index in [-0.39, 0.29) is 0 Å². The molecule has 0 saturated carbocycles. The topological polar surface area (TPSA) is 107 Å². The molecule has 7 heteroatoms. The van der Waals surface area contributed by atoms with Crippen LogP contribution in [0.5, 0.6) is 5.75 Å². The zero-order valence-electron chi connectivity index (χ0n) is 12.2. The molecule has 7 nitrogen and oxygen atoms in total. The lowest BCUT2D eigenvalue weighted by molar-refractivity contribution is -0.144. The van der Waals surface area contributed by atoms with Crippen LogP contribution < -0.4 is 10.1 Å². The molecule has 0 radical (unpaired) electrons. The van der Waals surface area contributed by atoms with E-state index < -0.39 is 11.5 Å². The van der Waals surface area contributed by atoms with Gasteiger partial charge < -0.3 is 9.84 Å². The van der Waals surface area contributed by atoms with Gasteiger partial charge in [0.25, 0.3) is 0 Å². The average molecular weight is 292 g/mol. The second kappa shape index (κ2) is 8.14. The van der Waals surface area contributed by atoms with Crippen molar-refractivity contribution in [2.75, 3.05) is 19.7 Å². The largest absolute Gasteiger partial charge is 0.494 e. The molecule has 0 aromatic heterocycles. The molecular weight excluding hydrogens is 272 g/mol. The number of rotatable bonds is 9. The standard InChI is InChI=1S/C14H20N4O3/c1-3-21-12-7-5-11(6-8-12)14(2,13(19)20)16-9-4-10-17-18-15/h5-8,16H,3-4,9-10H2,1-2H3,(H,19,20). The van der Waals surface area contributed by atoms with Crippen LogP contribution >= 0.6 is 0 Å². The number of hydrogen-bond donors (Lipinski definition) is 2. The molecule has 1 aromatic rings. The Hall–Kier alpha value is -2.24. The molecule has 0 spiro atoms. The van der Waals surface area contributed by atoms with Crippen molar-refractivity contribution in [2.45, 2.75) is 25.8 Å². The summed E-state index contributed by atoms with van der Waals surface area (Å²) in [6.07, 6.45) is 0.573. The Morgan fingerprint density at radius 2 is 2.14 bits per heavy atom. The lowest BCUT2D eigenvalue weighted by Crippen LogP contribution is -2.47. The van der Waals surface area contributed by atoms with Crippen LogP contribution in [0.15, 0.2) is 29.4 Å². The third-order valence-corrected chi connectivity index (χ3v) is 3.15. The first-order valence-corrected chi connectivity index (χ1v) is 6.77. The van der Waals surface area contributed by atoms with E-state index in [1.54, 1.807) is 31.2 Å². The Kier molecular flexibility index (Phi) is 6.52. The van der Waals surface area contributed by atoms with Crippen LogP contribution in [0.1, 0.15) is 25.8 Å². The Morgan fingerprint density at radius 3 is 2.67 bits per heavy atom. The van der Waals surface area contributed by atoms with Gasteiger partial charge in [-0.25, -0.2) is 4.79 Å². The van der Waals surface area contributed by atoms with Crippen molar-refractivity contribution in [3.63, 3.8) is 0 Å². The van der Waals surface area contributed by atoms with Gasteiger partial charge in [0, 0.05) is 11.5 Å². The highest BCUT2D eigenvalue weighted by atomic mass is 16.5. The molecule has 114 valence electrons. The monoisotopic (exact) mass is 292 g/mol. The lowest BCUT2D eigenvalue weighted by Gasteiger charge is -2.27. The number of aliphatic carboxylic acids is 1. The van der Waals surface area contributed by atoms with E-state index in [1.807, 2.05) is 6.92 Å². The van der Waals surface area contributed by atoms with Crippen molar-refractivity contribution in [2.24, 2.45) is 5.11 Å². The van der Waals surface area contributed by atoms with E-state index in [2.05, 4.69) is 15.3 Å². The maximum Gasteiger partial charge on any atom is 0.328 e. The molecule has 0 aliphatic carbocycles. The number of azide groups is 1. The fourth-order valence-corrected chi connectivity index (χ4v) is 1.89. The Bertz CT molecular complexity index is 511. The van der Waals surface area contributed by atoms with Gasteiger partial charge in [-0.2, -0.15) is 0 Å². The maximum atomic E-state index is 11.6. The summed E-state index contributed by atoms with van der Waals surface area (Å²) < 4.78 is 5.35. The zero-order valence-corrected chi connectivity index (χ0v) is 12.2. The Balaban J connectivity index is 2.78. The normalized spacial score (nSPS) is 13.0. The molecule has 0 amide bonds. The van der Waals surface area contributed by atoms with E-state index in [1.165, 1.54) is 0 Å². The first-order valence-electron chi connectivity index (χ1n) is 6.77. The highest BCUT2D eigenvalue weighted by Crippen LogP contribution is 2.23. The highest BCUT2D eigenvalue weighted by molar-refractivity contribution is 5.80. The minimum atomic E-state index is -1.19. The van der Waals surface area contributed by atoms with Gasteiger partial charge in [-0.05, 0) is 50.0 Å². The van der Waals surface area contributed by atoms with Gasteiger partial charge in [-0.3, -0.25) is 5.32 Å². The van der Waals surface area contributed by atoms with Gasteiger partial charge in [0.05, 0.1) is 6.61 Å². The first-order chi connectivity index (χ1) is 10.0. The summed E-state index contributed by atoms with van der Waals surface area (Å²) in [6, 6.07) is 6.97. The van der Waals surface area contributed by atoms with Crippen LogP contribution in [-0.2, 0) is 10.3 Å². The van der Waals surface area contributed by atoms with Crippen molar-refractivity contribution in [3.05, 3.63) is 40.3 Å². The predicted octanol–water partition coefficient (Wildman–Crippen LogP) is 2.68. The van der Waals surface area contributed by atoms with E-state index in [0.29, 0.717) is 37.4 Å². The summed E-state index contributed by atoms with van der Waals surface area (Å²) in [6.45, 7) is 4.84. The molecule has 2 N–H and O–H groups in total. The van der Waals surface area contributed by atoms with Crippen LogP contribution in [0.4, 0.5) is 0 Å². The second-order valence-electron chi connectivity index (χ2n) is 4.62. The fourth-order valence-electron chi connectivity index (χ4n) is 1.89. The summed E-state index contributed by atoms with van der Waals surface area (Å²) >= 11 is 0. The van der Waals surface area contributed by atoms with E-state index in [4.69, 9.17) is 10.3 Å². The van der Waals surface area contributed by atoms with Crippen molar-refractivity contribution >= 4 is 5.97 Å². The summed E-state index contributed by atoms with van der Waals surface area (Å²) in [5.74, 6) is -0.257. The number of nitrogens with one attached hydrogen (secondary N) is 1. The highest BCUT2D eigenvalue weighted by Gasteiger charge is 2.34. The van der Waals surface area contributed by atoms with Crippen LogP contribution in [0.25, 0.3) is 10.4 Å². The average Bonchev–Trinajstić information content (AvgIpc) is 2.47. The molecule has 1 unspecified atom stereocenters. The minimum Gasteiger partial charge on any atom is -0.494 e. The lowest BCUT2D eigenvalue weighted by atomic mass is 9.92. The minimum absolute atomic E-state index is 0.336. The summed E-state index contributed by atoms with van der Waals surface area (Å²) in [4.78, 5) is 14.2. The molecule has 0 bridgehead atoms. The van der Waals surface area contributed by atoms with E-state index in [0.717, 1.165) is 0 Å². The van der Waals surface area contributed by atoms with Crippen LogP contribution in [0, 0.1) is 0 Å². The third-order valence-electron chi connectivity index (χ3n) is 3.15. The van der Waals surface area contributed by atoms with Gasteiger partial charge in [0.1, 0.15) is 11.3 Å². The first kappa shape index (κ1) is 16.8. The Morgan fingerprint density at radius 1 is 1.48 bits per heavy atom. The summed E-state index contributed by atoms with van der Waals surface area (Å²) in [7, 11) is 0. The number of benzene rings is 1. The Labute approximate surface area is 123 Å². The summed E-state index contributed by atoms with van der Waals surface area (Å²) in [5.41, 5.74) is 7.64. The number of carbonyl (C=O) groups is 1. The van der Waals surface area contributed by atoms with Crippen molar-refractivity contribution < 1.29 is 14.6 Å². The molecule has 1 atom stereocenters. The van der Waals surface area contributed by atoms with Gasteiger partial charge in [-0.15, -0.1) is 0 Å². The SMILES string of the molecule is CCOc1ccc(C(C)(NCCCN=[N+]=[N-])C(=O)O)cc1. The van der Waals surface area contributed by atoms with Gasteiger partial charge in [0.15, 0.2) is 0 Å². The quantitative estimate of drug-likeness (QED) is 0.316. The van der Waals surface area contributed by atoms with E-state index in [9.17, 15) is 9.90 Å². The number of ether oxygens (including phenoxy) is 1. The van der Waals surface area contributed by atoms with Gasteiger partial charge in [0.2, 0.25) is 0 Å². The molecular formula is C14H20N4O3. The number of nitrogens with zero attached hydrogens (tertiary/aromatic N) is 3. The van der Waals surface area contributed by atoms with Crippen molar-refractivity contribution in [1.29, 1.82) is 0 Å². The zero-order chi connectivity index (χ0) is 15.7. The molecule has 0 aliphatic rings.